The predicted molar refractivity (Wildman–Crippen MR) is 124 cm³/mol. The number of amides is 3. The fourth-order valence-corrected chi connectivity index (χ4v) is 3.74. The van der Waals surface area contributed by atoms with Gasteiger partial charge in [-0.25, -0.2) is 4.79 Å². The Balaban J connectivity index is 1.23. The summed E-state index contributed by atoms with van der Waals surface area (Å²) in [5, 5.41) is 6.82. The average molecular weight is 449 g/mol. The van der Waals surface area contributed by atoms with Crippen LogP contribution in [-0.2, 0) is 17.8 Å². The summed E-state index contributed by atoms with van der Waals surface area (Å²) in [5.41, 5.74) is 3.47. The van der Waals surface area contributed by atoms with Crippen molar-refractivity contribution in [1.82, 2.24) is 15.0 Å². The maximum atomic E-state index is 12.7. The molecule has 0 unspecified atom stereocenters. The second-order valence-corrected chi connectivity index (χ2v) is 8.08. The first-order chi connectivity index (χ1) is 16.0. The van der Waals surface area contributed by atoms with E-state index < -0.39 is 0 Å². The fraction of sp³-hybridized carbons (Fsp3) is 0.320. The van der Waals surface area contributed by atoms with Crippen LogP contribution in [0.1, 0.15) is 22.6 Å². The van der Waals surface area contributed by atoms with Crippen LogP contribution in [0.15, 0.2) is 59.1 Å². The van der Waals surface area contributed by atoms with E-state index >= 15 is 0 Å². The molecule has 8 heteroatoms. The van der Waals surface area contributed by atoms with Crippen LogP contribution in [0.5, 0.6) is 5.75 Å². The van der Waals surface area contributed by atoms with E-state index in [4.69, 9.17) is 9.26 Å². The first-order valence-electron chi connectivity index (χ1n) is 11.0. The van der Waals surface area contributed by atoms with Gasteiger partial charge >= 0.3 is 6.03 Å². The molecule has 0 saturated carbocycles. The first kappa shape index (κ1) is 22.4. The average Bonchev–Trinajstić information content (AvgIpc) is 3.16. The van der Waals surface area contributed by atoms with Gasteiger partial charge in [-0.15, -0.1) is 0 Å². The van der Waals surface area contributed by atoms with Crippen molar-refractivity contribution >= 4 is 17.6 Å². The normalized spacial score (nSPS) is 13.6. The molecule has 1 fully saturated rings. The predicted octanol–water partition coefficient (Wildman–Crippen LogP) is 3.79. The molecule has 1 aliphatic rings. The zero-order valence-electron chi connectivity index (χ0n) is 18.9. The van der Waals surface area contributed by atoms with Crippen molar-refractivity contribution in [3.63, 3.8) is 0 Å². The second kappa shape index (κ2) is 10.2. The third kappa shape index (κ3) is 5.71. The molecule has 1 aliphatic heterocycles. The summed E-state index contributed by atoms with van der Waals surface area (Å²) >= 11 is 0. The number of benzene rings is 2. The van der Waals surface area contributed by atoms with Crippen LogP contribution in [0.3, 0.4) is 0 Å². The fourth-order valence-electron chi connectivity index (χ4n) is 3.74. The van der Waals surface area contributed by atoms with Crippen LogP contribution in [0.2, 0.25) is 0 Å². The minimum atomic E-state index is -0.138. The van der Waals surface area contributed by atoms with Crippen molar-refractivity contribution < 1.29 is 18.8 Å². The Morgan fingerprint density at radius 1 is 0.970 bits per heavy atom. The van der Waals surface area contributed by atoms with Gasteiger partial charge in [0.15, 0.2) is 0 Å². The van der Waals surface area contributed by atoms with Crippen LogP contribution in [0, 0.1) is 13.8 Å². The summed E-state index contributed by atoms with van der Waals surface area (Å²) in [6.45, 7) is 6.22. The number of urea groups is 1. The van der Waals surface area contributed by atoms with Crippen LogP contribution in [0.25, 0.3) is 0 Å². The standard InChI is InChI=1S/C25H28N4O4/c1-18-23(19(2)33-27-18)17-32-22-10-8-20(9-11-22)16-24(30)28-12-14-29(15-13-28)25(31)26-21-6-4-3-5-7-21/h3-11H,12-17H2,1-2H3,(H,26,31). The summed E-state index contributed by atoms with van der Waals surface area (Å²) < 4.78 is 11.0. The summed E-state index contributed by atoms with van der Waals surface area (Å²) in [4.78, 5) is 28.7. The van der Waals surface area contributed by atoms with Crippen molar-refractivity contribution in [1.29, 1.82) is 0 Å². The van der Waals surface area contributed by atoms with E-state index in [-0.39, 0.29) is 11.9 Å². The van der Waals surface area contributed by atoms with Crippen molar-refractivity contribution in [3.8, 4) is 5.75 Å². The topological polar surface area (TPSA) is 87.9 Å². The first-order valence-corrected chi connectivity index (χ1v) is 11.0. The Hall–Kier alpha value is -3.81. The molecule has 1 saturated heterocycles. The molecule has 2 heterocycles. The number of nitrogens with one attached hydrogen (secondary N) is 1. The molecule has 0 spiro atoms. The highest BCUT2D eigenvalue weighted by molar-refractivity contribution is 5.89. The molecule has 0 aliphatic carbocycles. The van der Waals surface area contributed by atoms with Crippen LogP contribution >= 0.6 is 0 Å². The molecule has 0 bridgehead atoms. The van der Waals surface area contributed by atoms with E-state index in [0.717, 1.165) is 34.0 Å². The number of piperazine rings is 1. The van der Waals surface area contributed by atoms with E-state index in [0.29, 0.717) is 39.2 Å². The highest BCUT2D eigenvalue weighted by atomic mass is 16.5. The maximum absolute atomic E-state index is 12.7. The van der Waals surface area contributed by atoms with Crippen LogP contribution in [-0.4, -0.2) is 53.1 Å². The molecular formula is C25H28N4O4. The van der Waals surface area contributed by atoms with Gasteiger partial charge in [-0.3, -0.25) is 4.79 Å². The number of hydrogen-bond donors (Lipinski definition) is 1. The highest BCUT2D eigenvalue weighted by Crippen LogP contribution is 2.18. The van der Waals surface area contributed by atoms with Crippen LogP contribution in [0.4, 0.5) is 10.5 Å². The third-order valence-corrected chi connectivity index (χ3v) is 5.79. The minimum Gasteiger partial charge on any atom is -0.489 e. The SMILES string of the molecule is Cc1noc(C)c1COc1ccc(CC(=O)N2CCN(C(=O)Nc3ccccc3)CC2)cc1. The Kier molecular flexibility index (Phi) is 6.92. The van der Waals surface area contributed by atoms with Gasteiger partial charge in [0.1, 0.15) is 18.1 Å². The number of aromatic nitrogens is 1. The van der Waals surface area contributed by atoms with Crippen molar-refractivity contribution in [2.45, 2.75) is 26.9 Å². The highest BCUT2D eigenvalue weighted by Gasteiger charge is 2.24. The molecule has 3 amide bonds. The zero-order chi connectivity index (χ0) is 23.2. The number of aryl methyl sites for hydroxylation is 2. The quantitative estimate of drug-likeness (QED) is 0.620. The lowest BCUT2D eigenvalue weighted by atomic mass is 10.1. The van der Waals surface area contributed by atoms with Crippen molar-refractivity contribution in [2.24, 2.45) is 0 Å². The zero-order valence-corrected chi connectivity index (χ0v) is 18.9. The number of rotatable bonds is 6. The van der Waals surface area contributed by atoms with Gasteiger partial charge < -0.3 is 24.4 Å². The Morgan fingerprint density at radius 2 is 1.64 bits per heavy atom. The molecule has 1 aromatic heterocycles. The minimum absolute atomic E-state index is 0.0579. The molecule has 3 aromatic rings. The summed E-state index contributed by atoms with van der Waals surface area (Å²) in [6.07, 6.45) is 0.320. The van der Waals surface area contributed by atoms with Gasteiger partial charge in [0.25, 0.3) is 0 Å². The monoisotopic (exact) mass is 448 g/mol. The molecular weight excluding hydrogens is 420 g/mol. The molecule has 0 radical (unpaired) electrons. The van der Waals surface area contributed by atoms with E-state index in [1.165, 1.54) is 0 Å². The van der Waals surface area contributed by atoms with E-state index in [2.05, 4.69) is 10.5 Å². The van der Waals surface area contributed by atoms with E-state index in [1.54, 1.807) is 4.90 Å². The van der Waals surface area contributed by atoms with Gasteiger partial charge in [0.2, 0.25) is 5.91 Å². The molecule has 0 atom stereocenters. The van der Waals surface area contributed by atoms with E-state index in [1.807, 2.05) is 73.3 Å². The lowest BCUT2D eigenvalue weighted by molar-refractivity contribution is -0.131. The number of carbonyl (C=O) groups is 2. The van der Waals surface area contributed by atoms with Gasteiger partial charge in [0, 0.05) is 31.9 Å². The summed E-state index contributed by atoms with van der Waals surface area (Å²) in [5.74, 6) is 1.54. The second-order valence-electron chi connectivity index (χ2n) is 8.08. The van der Waals surface area contributed by atoms with Gasteiger partial charge in [-0.2, -0.15) is 0 Å². The van der Waals surface area contributed by atoms with Crippen molar-refractivity contribution in [3.05, 3.63) is 77.2 Å². The molecule has 2 aromatic carbocycles. The number of anilines is 1. The van der Waals surface area contributed by atoms with Gasteiger partial charge in [-0.1, -0.05) is 35.5 Å². The molecule has 172 valence electrons. The Labute approximate surface area is 193 Å². The smallest absolute Gasteiger partial charge is 0.321 e. The Morgan fingerprint density at radius 3 is 2.27 bits per heavy atom. The number of ether oxygens (including phenoxy) is 1. The van der Waals surface area contributed by atoms with Crippen molar-refractivity contribution in [2.75, 3.05) is 31.5 Å². The van der Waals surface area contributed by atoms with Gasteiger partial charge in [0.05, 0.1) is 17.7 Å². The number of hydrogen-bond acceptors (Lipinski definition) is 5. The van der Waals surface area contributed by atoms with Crippen LogP contribution < -0.4 is 10.1 Å². The maximum Gasteiger partial charge on any atom is 0.321 e. The lowest BCUT2D eigenvalue weighted by Crippen LogP contribution is -2.52. The Bertz CT molecular complexity index is 1070. The van der Waals surface area contributed by atoms with E-state index in [9.17, 15) is 9.59 Å². The largest absolute Gasteiger partial charge is 0.489 e. The number of nitrogens with zero attached hydrogens (tertiary/aromatic N) is 3. The summed E-state index contributed by atoms with van der Waals surface area (Å²) in [7, 11) is 0. The molecule has 8 nitrogen and oxygen atoms in total. The summed E-state index contributed by atoms with van der Waals surface area (Å²) in [6, 6.07) is 16.8. The van der Waals surface area contributed by atoms with Gasteiger partial charge in [-0.05, 0) is 43.7 Å². The molecule has 33 heavy (non-hydrogen) atoms. The molecule has 1 N–H and O–H groups in total. The number of carbonyl (C=O) groups excluding carboxylic acids is 2. The molecule has 4 rings (SSSR count). The lowest BCUT2D eigenvalue weighted by Gasteiger charge is -2.34. The number of para-hydroxylation sites is 1. The third-order valence-electron chi connectivity index (χ3n) is 5.79.